The van der Waals surface area contributed by atoms with Crippen molar-refractivity contribution < 1.29 is 19.1 Å². The van der Waals surface area contributed by atoms with Gasteiger partial charge in [-0.3, -0.25) is 9.69 Å². The molecule has 3 rings (SSSR count). The van der Waals surface area contributed by atoms with Gasteiger partial charge in [-0.1, -0.05) is 12.1 Å². The summed E-state index contributed by atoms with van der Waals surface area (Å²) in [7, 11) is 1.64. The fraction of sp³-hybridized carbons (Fsp3) is 0.364. The lowest BCUT2D eigenvalue weighted by atomic mass is 10.1. The molecule has 1 heterocycles. The van der Waals surface area contributed by atoms with Crippen LogP contribution < -0.4 is 14.8 Å². The van der Waals surface area contributed by atoms with Crippen LogP contribution in [-0.2, 0) is 0 Å². The molecule has 7 heteroatoms. The molecule has 1 aliphatic heterocycles. The Morgan fingerprint density at radius 1 is 1.00 bits per heavy atom. The quantitative estimate of drug-likeness (QED) is 0.727. The van der Waals surface area contributed by atoms with Crippen LogP contribution in [0.1, 0.15) is 17.3 Å². The topological polar surface area (TPSA) is 71.1 Å². The third-order valence-corrected chi connectivity index (χ3v) is 4.92. The maximum atomic E-state index is 12.5. The molecule has 2 aromatic carbocycles. The van der Waals surface area contributed by atoms with Crippen LogP contribution in [0.3, 0.4) is 0 Å². The van der Waals surface area contributed by atoms with Gasteiger partial charge in [0.2, 0.25) is 0 Å². The number of methoxy groups -OCH3 is 1. The zero-order chi connectivity index (χ0) is 20.6. The van der Waals surface area contributed by atoms with Gasteiger partial charge in [0, 0.05) is 44.0 Å². The zero-order valence-corrected chi connectivity index (χ0v) is 16.9. The van der Waals surface area contributed by atoms with Crippen molar-refractivity contribution in [2.75, 3.05) is 51.8 Å². The molecule has 2 aromatic rings. The highest BCUT2D eigenvalue weighted by atomic mass is 16.5. The number of ketones is 1. The molecule has 154 valence electrons. The van der Waals surface area contributed by atoms with Gasteiger partial charge in [-0.25, -0.2) is 4.79 Å². The van der Waals surface area contributed by atoms with Crippen molar-refractivity contribution in [2.45, 2.75) is 6.92 Å². The summed E-state index contributed by atoms with van der Waals surface area (Å²) in [5, 5.41) is 2.88. The largest absolute Gasteiger partial charge is 0.497 e. The number of urea groups is 1. The molecule has 0 atom stereocenters. The Bertz CT molecular complexity index is 830. The summed E-state index contributed by atoms with van der Waals surface area (Å²) in [5.74, 6) is 1.60. The molecule has 0 bridgehead atoms. The number of carbonyl (C=O) groups is 2. The molecule has 1 N–H and O–H groups in total. The van der Waals surface area contributed by atoms with Crippen LogP contribution in [0.4, 0.5) is 10.5 Å². The van der Waals surface area contributed by atoms with Crippen molar-refractivity contribution in [2.24, 2.45) is 0 Å². The van der Waals surface area contributed by atoms with Crippen LogP contribution in [-0.4, -0.2) is 68.1 Å². The van der Waals surface area contributed by atoms with E-state index in [1.165, 1.54) is 6.92 Å². The monoisotopic (exact) mass is 397 g/mol. The maximum absolute atomic E-state index is 12.5. The number of Topliss-reactive ketones (excluding diaryl/α,β-unsaturated/α-hetero) is 1. The predicted octanol–water partition coefficient (Wildman–Crippen LogP) is 3.13. The first-order valence-electron chi connectivity index (χ1n) is 9.71. The second kappa shape index (κ2) is 9.93. The molecule has 0 saturated carbocycles. The number of nitrogens with one attached hydrogen (secondary N) is 1. The minimum atomic E-state index is -0.139. The molecular weight excluding hydrogens is 370 g/mol. The number of hydrogen-bond acceptors (Lipinski definition) is 5. The highest BCUT2D eigenvalue weighted by molar-refractivity contribution is 5.96. The summed E-state index contributed by atoms with van der Waals surface area (Å²) in [5.41, 5.74) is 1.22. The Morgan fingerprint density at radius 3 is 2.34 bits per heavy atom. The normalized spacial score (nSPS) is 14.3. The Morgan fingerprint density at radius 2 is 1.69 bits per heavy atom. The molecule has 1 saturated heterocycles. The first kappa shape index (κ1) is 20.7. The lowest BCUT2D eigenvalue weighted by Crippen LogP contribution is -2.50. The number of nitrogens with zero attached hydrogens (tertiary/aromatic N) is 2. The first-order valence-corrected chi connectivity index (χ1v) is 9.71. The van der Waals surface area contributed by atoms with E-state index in [1.807, 2.05) is 24.3 Å². The molecular formula is C22H27N3O4. The molecule has 0 aliphatic carbocycles. The number of benzene rings is 2. The number of hydrogen-bond donors (Lipinski definition) is 1. The molecule has 0 spiro atoms. The minimum absolute atomic E-state index is 0.0217. The molecule has 1 aliphatic rings. The molecule has 0 unspecified atom stereocenters. The summed E-state index contributed by atoms with van der Waals surface area (Å²) in [6, 6.07) is 14.4. The number of amides is 2. The Hall–Kier alpha value is -3.06. The number of piperazine rings is 1. The van der Waals surface area contributed by atoms with Crippen LogP contribution in [0, 0.1) is 0 Å². The smallest absolute Gasteiger partial charge is 0.321 e. The fourth-order valence-electron chi connectivity index (χ4n) is 3.16. The van der Waals surface area contributed by atoms with E-state index >= 15 is 0 Å². The third-order valence-electron chi connectivity index (χ3n) is 4.92. The van der Waals surface area contributed by atoms with Crippen LogP contribution in [0.15, 0.2) is 48.5 Å². The van der Waals surface area contributed by atoms with Crippen LogP contribution in [0.25, 0.3) is 0 Å². The van der Waals surface area contributed by atoms with E-state index in [2.05, 4.69) is 10.2 Å². The molecule has 7 nitrogen and oxygen atoms in total. The molecule has 1 fully saturated rings. The van der Waals surface area contributed by atoms with E-state index in [0.29, 0.717) is 30.9 Å². The van der Waals surface area contributed by atoms with E-state index in [9.17, 15) is 9.59 Å². The average Bonchev–Trinajstić information content (AvgIpc) is 2.75. The van der Waals surface area contributed by atoms with Gasteiger partial charge in [0.05, 0.1) is 7.11 Å². The lowest BCUT2D eigenvalue weighted by Gasteiger charge is -2.34. The van der Waals surface area contributed by atoms with Crippen molar-refractivity contribution in [1.82, 2.24) is 9.80 Å². The van der Waals surface area contributed by atoms with E-state index < -0.39 is 0 Å². The maximum Gasteiger partial charge on any atom is 0.321 e. The van der Waals surface area contributed by atoms with E-state index in [-0.39, 0.29) is 11.8 Å². The Balaban J connectivity index is 1.39. The standard InChI is InChI=1S/C22H27N3O4/c1-17(26)18-4-3-5-19(16-18)23-22(27)25-12-10-24(11-13-25)14-15-29-21-8-6-20(28-2)7-9-21/h3-9,16H,10-15H2,1-2H3,(H,23,27). The number of anilines is 1. The second-order valence-electron chi connectivity index (χ2n) is 6.92. The van der Waals surface area contributed by atoms with Crippen LogP contribution >= 0.6 is 0 Å². The summed E-state index contributed by atoms with van der Waals surface area (Å²) in [6.45, 7) is 5.82. The molecule has 0 radical (unpaired) electrons. The summed E-state index contributed by atoms with van der Waals surface area (Å²) >= 11 is 0. The number of ether oxygens (including phenoxy) is 2. The number of rotatable bonds is 7. The SMILES string of the molecule is COc1ccc(OCCN2CCN(C(=O)Nc3cccc(C(C)=O)c3)CC2)cc1. The van der Waals surface area contributed by atoms with Crippen molar-refractivity contribution >= 4 is 17.5 Å². The summed E-state index contributed by atoms with van der Waals surface area (Å²) < 4.78 is 10.9. The van der Waals surface area contributed by atoms with E-state index in [1.54, 1.807) is 36.3 Å². The minimum Gasteiger partial charge on any atom is -0.497 e. The van der Waals surface area contributed by atoms with Gasteiger partial charge in [-0.15, -0.1) is 0 Å². The Kier molecular flexibility index (Phi) is 7.08. The van der Waals surface area contributed by atoms with Crippen molar-refractivity contribution in [3.63, 3.8) is 0 Å². The van der Waals surface area contributed by atoms with Crippen molar-refractivity contribution in [1.29, 1.82) is 0 Å². The highest BCUT2D eigenvalue weighted by Crippen LogP contribution is 2.17. The molecule has 0 aromatic heterocycles. The van der Waals surface area contributed by atoms with Gasteiger partial charge < -0.3 is 19.7 Å². The highest BCUT2D eigenvalue weighted by Gasteiger charge is 2.21. The summed E-state index contributed by atoms with van der Waals surface area (Å²) in [4.78, 5) is 28.0. The van der Waals surface area contributed by atoms with Gasteiger partial charge in [0.1, 0.15) is 18.1 Å². The lowest BCUT2D eigenvalue weighted by molar-refractivity contribution is 0.101. The number of carbonyl (C=O) groups excluding carboxylic acids is 2. The first-order chi connectivity index (χ1) is 14.0. The summed E-state index contributed by atoms with van der Waals surface area (Å²) in [6.07, 6.45) is 0. The van der Waals surface area contributed by atoms with Gasteiger partial charge in [0.15, 0.2) is 5.78 Å². The van der Waals surface area contributed by atoms with E-state index in [4.69, 9.17) is 9.47 Å². The molecule has 2 amide bonds. The van der Waals surface area contributed by atoms with Crippen LogP contribution in [0.5, 0.6) is 11.5 Å². The van der Waals surface area contributed by atoms with Gasteiger partial charge >= 0.3 is 6.03 Å². The van der Waals surface area contributed by atoms with Crippen molar-refractivity contribution in [3.8, 4) is 11.5 Å². The third kappa shape index (κ3) is 5.96. The Labute approximate surface area is 171 Å². The predicted molar refractivity (Wildman–Crippen MR) is 112 cm³/mol. The molecule has 29 heavy (non-hydrogen) atoms. The van der Waals surface area contributed by atoms with Crippen LogP contribution in [0.2, 0.25) is 0 Å². The van der Waals surface area contributed by atoms with Gasteiger partial charge in [-0.05, 0) is 43.3 Å². The van der Waals surface area contributed by atoms with Gasteiger partial charge in [0.25, 0.3) is 0 Å². The second-order valence-corrected chi connectivity index (χ2v) is 6.92. The fourth-order valence-corrected chi connectivity index (χ4v) is 3.16. The van der Waals surface area contributed by atoms with Crippen molar-refractivity contribution in [3.05, 3.63) is 54.1 Å². The van der Waals surface area contributed by atoms with E-state index in [0.717, 1.165) is 31.1 Å². The zero-order valence-electron chi connectivity index (χ0n) is 16.9. The average molecular weight is 397 g/mol. The van der Waals surface area contributed by atoms with Gasteiger partial charge in [-0.2, -0.15) is 0 Å².